The second-order valence-corrected chi connectivity index (χ2v) is 4.82. The summed E-state index contributed by atoms with van der Waals surface area (Å²) in [6, 6.07) is 0. The molecule has 0 atom stereocenters. The molecule has 0 bridgehead atoms. The fourth-order valence-electron chi connectivity index (χ4n) is 1.49. The molecule has 0 aromatic heterocycles. The summed E-state index contributed by atoms with van der Waals surface area (Å²) < 4.78 is 16.9. The minimum Gasteiger partial charge on any atom is -0.378 e. The minimum atomic E-state index is -0.0870. The van der Waals surface area contributed by atoms with Crippen LogP contribution in [0.4, 0.5) is 0 Å². The highest BCUT2D eigenvalue weighted by Gasteiger charge is 2.29. The fraction of sp³-hybridized carbons (Fsp3) is 0.733. The molecule has 0 aliphatic carbocycles. The fourth-order valence-corrected chi connectivity index (χ4v) is 1.49. The van der Waals surface area contributed by atoms with E-state index in [4.69, 9.17) is 14.2 Å². The van der Waals surface area contributed by atoms with Gasteiger partial charge in [0.25, 0.3) is 0 Å². The van der Waals surface area contributed by atoms with Crippen LogP contribution in [0.2, 0.25) is 0 Å². The molecule has 0 rings (SSSR count). The van der Waals surface area contributed by atoms with Crippen LogP contribution in [0.3, 0.4) is 0 Å². The molecular formula is C15H28O3. The summed E-state index contributed by atoms with van der Waals surface area (Å²) in [5.41, 5.74) is -0.0870. The SMILES string of the molecule is C=CCOCC(CC)(COCC=C)COC(C)C. The van der Waals surface area contributed by atoms with Crippen molar-refractivity contribution in [2.24, 2.45) is 5.41 Å². The lowest BCUT2D eigenvalue weighted by Crippen LogP contribution is -2.37. The molecule has 0 heterocycles. The average Bonchev–Trinajstić information content (AvgIpc) is 2.36. The summed E-state index contributed by atoms with van der Waals surface area (Å²) in [5, 5.41) is 0. The van der Waals surface area contributed by atoms with E-state index in [-0.39, 0.29) is 11.5 Å². The third-order valence-electron chi connectivity index (χ3n) is 2.76. The van der Waals surface area contributed by atoms with Crippen molar-refractivity contribution in [3.63, 3.8) is 0 Å². The minimum absolute atomic E-state index is 0.0870. The molecule has 0 aliphatic heterocycles. The zero-order valence-electron chi connectivity index (χ0n) is 12.1. The molecule has 0 aromatic carbocycles. The van der Waals surface area contributed by atoms with Crippen molar-refractivity contribution in [2.45, 2.75) is 33.3 Å². The molecule has 0 amide bonds. The predicted molar refractivity (Wildman–Crippen MR) is 75.8 cm³/mol. The third kappa shape index (κ3) is 7.64. The van der Waals surface area contributed by atoms with E-state index in [2.05, 4.69) is 20.1 Å². The van der Waals surface area contributed by atoms with Gasteiger partial charge in [0.2, 0.25) is 0 Å². The van der Waals surface area contributed by atoms with Crippen LogP contribution in [0.15, 0.2) is 25.3 Å². The summed E-state index contributed by atoms with van der Waals surface area (Å²) in [6.45, 7) is 16.5. The summed E-state index contributed by atoms with van der Waals surface area (Å²) in [6.07, 6.45) is 4.69. The van der Waals surface area contributed by atoms with E-state index in [9.17, 15) is 0 Å². The maximum absolute atomic E-state index is 5.75. The van der Waals surface area contributed by atoms with Gasteiger partial charge in [0.15, 0.2) is 0 Å². The molecule has 3 nitrogen and oxygen atoms in total. The highest BCUT2D eigenvalue weighted by atomic mass is 16.5. The van der Waals surface area contributed by atoms with Gasteiger partial charge >= 0.3 is 0 Å². The van der Waals surface area contributed by atoms with E-state index in [1.54, 1.807) is 12.2 Å². The number of rotatable bonds is 12. The Bertz CT molecular complexity index is 210. The van der Waals surface area contributed by atoms with Crippen molar-refractivity contribution in [3.8, 4) is 0 Å². The molecule has 0 fully saturated rings. The van der Waals surface area contributed by atoms with Crippen LogP contribution in [-0.4, -0.2) is 39.1 Å². The Kier molecular flexibility index (Phi) is 9.93. The number of hydrogen-bond donors (Lipinski definition) is 0. The van der Waals surface area contributed by atoms with E-state index in [0.717, 1.165) is 6.42 Å². The molecule has 3 heteroatoms. The molecule has 0 saturated carbocycles. The summed E-state index contributed by atoms with van der Waals surface area (Å²) in [5.74, 6) is 0. The Hall–Kier alpha value is -0.640. The first-order chi connectivity index (χ1) is 8.60. The highest BCUT2D eigenvalue weighted by Crippen LogP contribution is 2.24. The van der Waals surface area contributed by atoms with Gasteiger partial charge in [-0.05, 0) is 20.3 Å². The van der Waals surface area contributed by atoms with Gasteiger partial charge in [-0.3, -0.25) is 0 Å². The maximum Gasteiger partial charge on any atom is 0.0645 e. The summed E-state index contributed by atoms with van der Waals surface area (Å²) in [4.78, 5) is 0. The first-order valence-electron chi connectivity index (χ1n) is 6.59. The Balaban J connectivity index is 4.38. The van der Waals surface area contributed by atoms with Crippen LogP contribution in [0.5, 0.6) is 0 Å². The lowest BCUT2D eigenvalue weighted by atomic mass is 9.88. The van der Waals surface area contributed by atoms with Gasteiger partial charge in [0, 0.05) is 5.41 Å². The third-order valence-corrected chi connectivity index (χ3v) is 2.76. The van der Waals surface area contributed by atoms with Gasteiger partial charge in [-0.25, -0.2) is 0 Å². The Labute approximate surface area is 112 Å². The lowest BCUT2D eigenvalue weighted by molar-refractivity contribution is -0.0762. The summed E-state index contributed by atoms with van der Waals surface area (Å²) >= 11 is 0. The van der Waals surface area contributed by atoms with Gasteiger partial charge in [-0.1, -0.05) is 19.1 Å². The molecule has 0 saturated heterocycles. The summed E-state index contributed by atoms with van der Waals surface area (Å²) in [7, 11) is 0. The monoisotopic (exact) mass is 256 g/mol. The van der Waals surface area contributed by atoms with E-state index in [0.29, 0.717) is 33.0 Å². The Morgan fingerprint density at radius 3 is 1.83 bits per heavy atom. The topological polar surface area (TPSA) is 27.7 Å². The van der Waals surface area contributed by atoms with Crippen LogP contribution < -0.4 is 0 Å². The van der Waals surface area contributed by atoms with E-state index in [1.807, 2.05) is 13.8 Å². The van der Waals surface area contributed by atoms with Crippen LogP contribution in [0.1, 0.15) is 27.2 Å². The van der Waals surface area contributed by atoms with Crippen molar-refractivity contribution in [3.05, 3.63) is 25.3 Å². The quantitative estimate of drug-likeness (QED) is 0.396. The van der Waals surface area contributed by atoms with Crippen molar-refractivity contribution >= 4 is 0 Å². The van der Waals surface area contributed by atoms with E-state index >= 15 is 0 Å². The van der Waals surface area contributed by atoms with Gasteiger partial charge < -0.3 is 14.2 Å². The van der Waals surface area contributed by atoms with Crippen molar-refractivity contribution < 1.29 is 14.2 Å². The zero-order chi connectivity index (χ0) is 13.9. The maximum atomic E-state index is 5.75. The van der Waals surface area contributed by atoms with Crippen LogP contribution in [-0.2, 0) is 14.2 Å². The zero-order valence-corrected chi connectivity index (χ0v) is 12.1. The Morgan fingerprint density at radius 2 is 1.50 bits per heavy atom. The molecule has 0 aromatic rings. The second kappa shape index (κ2) is 10.3. The molecule has 0 spiro atoms. The lowest BCUT2D eigenvalue weighted by Gasteiger charge is -2.32. The van der Waals surface area contributed by atoms with Crippen molar-refractivity contribution in [1.29, 1.82) is 0 Å². The second-order valence-electron chi connectivity index (χ2n) is 4.82. The van der Waals surface area contributed by atoms with Crippen LogP contribution >= 0.6 is 0 Å². The van der Waals surface area contributed by atoms with Crippen molar-refractivity contribution in [1.82, 2.24) is 0 Å². The van der Waals surface area contributed by atoms with Crippen LogP contribution in [0, 0.1) is 5.41 Å². The van der Waals surface area contributed by atoms with Crippen molar-refractivity contribution in [2.75, 3.05) is 33.0 Å². The molecule has 18 heavy (non-hydrogen) atoms. The van der Waals surface area contributed by atoms with Gasteiger partial charge in [-0.15, -0.1) is 13.2 Å². The molecule has 106 valence electrons. The average molecular weight is 256 g/mol. The standard InChI is InChI=1S/C15H28O3/c1-6-9-16-11-15(8-3,12-17-10-7-2)13-18-14(4)5/h6-7,14H,1-2,8-13H2,3-5H3. The molecule has 0 unspecified atom stereocenters. The number of hydrogen-bond acceptors (Lipinski definition) is 3. The predicted octanol–water partition coefficient (Wildman–Crippen LogP) is 3.21. The van der Waals surface area contributed by atoms with E-state index in [1.165, 1.54) is 0 Å². The van der Waals surface area contributed by atoms with Crippen LogP contribution in [0.25, 0.3) is 0 Å². The first kappa shape index (κ1) is 17.4. The number of ether oxygens (including phenoxy) is 3. The molecule has 0 radical (unpaired) electrons. The van der Waals surface area contributed by atoms with Gasteiger partial charge in [0.1, 0.15) is 0 Å². The largest absolute Gasteiger partial charge is 0.378 e. The van der Waals surface area contributed by atoms with Gasteiger partial charge in [0.05, 0.1) is 39.1 Å². The van der Waals surface area contributed by atoms with E-state index < -0.39 is 0 Å². The molecule has 0 aliphatic rings. The first-order valence-corrected chi connectivity index (χ1v) is 6.59. The molecule has 0 N–H and O–H groups in total. The smallest absolute Gasteiger partial charge is 0.0645 e. The molecular weight excluding hydrogens is 228 g/mol. The normalized spacial score (nSPS) is 11.8. The Morgan fingerprint density at radius 1 is 1.00 bits per heavy atom. The highest BCUT2D eigenvalue weighted by molar-refractivity contribution is 4.79. The van der Waals surface area contributed by atoms with Gasteiger partial charge in [-0.2, -0.15) is 0 Å².